The molecule has 41 nitrogen and oxygen atoms in total. The van der Waals surface area contributed by atoms with E-state index in [9.17, 15) is 105 Å². The zero-order valence-electron chi connectivity index (χ0n) is 40.7. The number of phosphoric ester groups is 4. The third-order valence-corrected chi connectivity index (χ3v) is 21.0. The third kappa shape index (κ3) is 25.6. The van der Waals surface area contributed by atoms with Gasteiger partial charge < -0.3 is 76.9 Å². The van der Waals surface area contributed by atoms with Crippen molar-refractivity contribution in [1.29, 1.82) is 0 Å². The van der Waals surface area contributed by atoms with Gasteiger partial charge in [-0.25, -0.2) is 35.5 Å². The Morgan fingerprint density at radius 3 is 1.29 bits per heavy atom. The van der Waals surface area contributed by atoms with E-state index in [1.807, 2.05) is 9.97 Å². The van der Waals surface area contributed by atoms with E-state index >= 15 is 0 Å². The first-order chi connectivity index (χ1) is 36.7. The molecule has 2 aromatic heterocycles. The molecule has 2 fully saturated rings. The highest BCUT2D eigenvalue weighted by atomic mass is 31.3. The summed E-state index contributed by atoms with van der Waals surface area (Å²) in [5, 5.41) is 23.4. The number of aliphatic hydroxyl groups excluding tert-OH is 2. The number of terminal acetylenes is 1. The molecule has 2 aliphatic rings. The van der Waals surface area contributed by atoms with Crippen LogP contribution in [0.25, 0.3) is 10.4 Å². The molecular weight excluding hydrogens is 1260 g/mol. The van der Waals surface area contributed by atoms with Crippen molar-refractivity contribution in [3.05, 3.63) is 75.6 Å². The number of rotatable bonds is 32. The van der Waals surface area contributed by atoms with E-state index < -0.39 is 148 Å². The molecule has 0 aromatic carbocycles. The van der Waals surface area contributed by atoms with Gasteiger partial charge in [-0.15, -0.1) is 12.3 Å². The number of H-pyrrole nitrogens is 2. The van der Waals surface area contributed by atoms with Crippen LogP contribution in [0.15, 0.2) is 36.7 Å². The molecule has 2 aliphatic heterocycles. The SMILES string of the molecule is C#CCCCCOP(=O)([O-])OP(=O)([O-])OP(=O)([O-])OP(=O)([O-])OC[C@H]1O[C@@H](n2cc(C)c(=O)[nH]c2=O)C[C@H]1O.Cc1cn([C@H]2C[C@@H](O)[C@@H](COP(=O)([O-])OP(=O)([O-])OP(=O)([O-])OP(=O)([O-])OCCCCCN=[N+]=[N-])O2)c(=O)[nH]c1=O. The van der Waals surface area contributed by atoms with E-state index in [0.29, 0.717) is 19.3 Å². The Balaban J connectivity index is 0.000000421. The molecule has 2 saturated heterocycles. The Hall–Kier alpha value is -2.81. The number of unbranched alkanes of at least 4 members (excludes halogenated alkanes) is 4. The summed E-state index contributed by atoms with van der Waals surface area (Å²) in [7, 11) is -48.7. The molecule has 0 aliphatic carbocycles. The van der Waals surface area contributed by atoms with Crippen molar-refractivity contribution in [1.82, 2.24) is 19.1 Å². The summed E-state index contributed by atoms with van der Waals surface area (Å²) in [4.78, 5) is 147. The zero-order valence-corrected chi connectivity index (χ0v) is 47.8. The Morgan fingerprint density at radius 2 is 0.938 bits per heavy atom. The van der Waals surface area contributed by atoms with Gasteiger partial charge in [0.15, 0.2) is 0 Å². The number of aryl methyl sites for hydroxylation is 2. The van der Waals surface area contributed by atoms with Crippen molar-refractivity contribution >= 4 is 62.6 Å². The molecule has 14 atom stereocenters. The monoisotopic (exact) mass is 1310 g/mol. The second-order valence-corrected chi connectivity index (χ2v) is 27.9. The number of nitrogens with zero attached hydrogens (tertiary/aromatic N) is 5. The maximum Gasteiger partial charge on any atom is 0.330 e. The molecule has 0 spiro atoms. The summed E-state index contributed by atoms with van der Waals surface area (Å²) in [6.45, 7) is -0.459. The lowest BCUT2D eigenvalue weighted by Gasteiger charge is -2.36. The second kappa shape index (κ2) is 30.3. The number of aromatic nitrogens is 4. The Bertz CT molecular complexity index is 3210. The number of hydrogen-bond acceptors (Lipinski definition) is 35. The Morgan fingerprint density at radius 1 is 0.600 bits per heavy atom. The van der Waals surface area contributed by atoms with Crippen LogP contribution in [0.1, 0.15) is 74.9 Å². The molecule has 456 valence electrons. The predicted octanol–water partition coefficient (Wildman–Crippen LogP) is -2.82. The van der Waals surface area contributed by atoms with Crippen molar-refractivity contribution < 1.29 is 139 Å². The lowest BCUT2D eigenvalue weighted by Crippen LogP contribution is -2.33. The van der Waals surface area contributed by atoms with Crippen molar-refractivity contribution in [3.8, 4) is 12.3 Å². The minimum absolute atomic E-state index is 0.0435. The van der Waals surface area contributed by atoms with E-state index in [4.69, 9.17) is 21.4 Å². The van der Waals surface area contributed by atoms with Gasteiger partial charge in [0.2, 0.25) is 0 Å². The minimum Gasteiger partial charge on any atom is -0.756 e. The van der Waals surface area contributed by atoms with E-state index in [1.54, 1.807) is 0 Å². The summed E-state index contributed by atoms with van der Waals surface area (Å²) < 4.78 is 144. The summed E-state index contributed by atoms with van der Waals surface area (Å²) in [5.74, 6) is 2.26. The molecule has 80 heavy (non-hydrogen) atoms. The minimum atomic E-state index is -6.41. The van der Waals surface area contributed by atoms with Crippen LogP contribution in [0.4, 0.5) is 0 Å². The molecule has 0 bridgehead atoms. The van der Waals surface area contributed by atoms with E-state index in [0.717, 1.165) is 21.5 Å². The summed E-state index contributed by atoms with van der Waals surface area (Å²) in [5.41, 5.74) is 5.22. The lowest BCUT2D eigenvalue weighted by molar-refractivity contribution is -0.260. The number of azide groups is 1. The van der Waals surface area contributed by atoms with Gasteiger partial charge in [0.25, 0.3) is 73.7 Å². The number of hydrogen-bond donors (Lipinski definition) is 4. The lowest BCUT2D eigenvalue weighted by atomic mass is 10.2. The molecule has 0 radical (unpaired) electrons. The van der Waals surface area contributed by atoms with Gasteiger partial charge in [0, 0.05) is 54.2 Å². The number of phosphoric acid groups is 8. The first-order valence-electron chi connectivity index (χ1n) is 21.8. The summed E-state index contributed by atoms with van der Waals surface area (Å²) >= 11 is 0. The highest BCUT2D eigenvalue weighted by molar-refractivity contribution is 7.69. The van der Waals surface area contributed by atoms with Gasteiger partial charge in [-0.05, 0) is 45.1 Å². The molecule has 2 aromatic rings. The van der Waals surface area contributed by atoms with E-state index in [-0.39, 0.29) is 49.8 Å². The van der Waals surface area contributed by atoms with Crippen molar-refractivity contribution in [2.75, 3.05) is 33.0 Å². The van der Waals surface area contributed by atoms with Crippen LogP contribution in [-0.2, 0) is 90.0 Å². The zero-order chi connectivity index (χ0) is 60.7. The molecule has 8 unspecified atom stereocenters. The van der Waals surface area contributed by atoms with Crippen LogP contribution in [0.3, 0.4) is 0 Å². The topological polar surface area (TPSA) is 631 Å². The van der Waals surface area contributed by atoms with Gasteiger partial charge in [-0.1, -0.05) is 11.5 Å². The molecule has 4 heterocycles. The molecule has 49 heteroatoms. The highest BCUT2D eigenvalue weighted by Crippen LogP contribution is 2.68. The maximum atomic E-state index is 12.0. The number of aromatic amines is 2. The average Bonchev–Trinajstić information content (AvgIpc) is 3.85. The fraction of sp³-hybridized carbons (Fsp3) is 0.677. The van der Waals surface area contributed by atoms with Crippen LogP contribution in [-0.4, -0.2) is 86.7 Å². The smallest absolute Gasteiger partial charge is 0.330 e. The highest BCUT2D eigenvalue weighted by Gasteiger charge is 2.39. The van der Waals surface area contributed by atoms with Gasteiger partial charge in [-0.3, -0.25) is 65.2 Å². The van der Waals surface area contributed by atoms with Crippen molar-refractivity contribution in [2.24, 2.45) is 5.11 Å². The van der Waals surface area contributed by atoms with Crippen molar-refractivity contribution in [2.45, 2.75) is 102 Å². The second-order valence-electron chi connectivity index (χ2n) is 15.8. The summed E-state index contributed by atoms with van der Waals surface area (Å²) in [6, 6.07) is 0. The molecular formula is C31H45N7O34P8-8. The Kier molecular flexibility index (Phi) is 27.1. The van der Waals surface area contributed by atoms with Crippen LogP contribution in [0, 0.1) is 26.2 Å². The molecule has 4 N–H and O–H groups in total. The fourth-order valence-electron chi connectivity index (χ4n) is 6.08. The largest absolute Gasteiger partial charge is 0.756 e. The van der Waals surface area contributed by atoms with Crippen LogP contribution in [0.5, 0.6) is 0 Å². The fourth-order valence-corrected chi connectivity index (χ4v) is 15.6. The van der Waals surface area contributed by atoms with Gasteiger partial charge in [0.1, 0.15) is 24.7 Å². The van der Waals surface area contributed by atoms with E-state index in [2.05, 4.69) is 59.9 Å². The number of aliphatic hydroxyl groups is 2. The first-order valence-corrected chi connectivity index (χ1v) is 33.5. The van der Waals surface area contributed by atoms with Crippen LogP contribution >= 0.6 is 62.6 Å². The molecule has 0 amide bonds. The standard InChI is InChI=1S/C16H26N2O17P4.C15H27N5O17P4/c1-3-4-5-6-7-30-36(22,23)33-38(26,27)35-39(28,29)34-37(24,25)31-10-13-12(19)8-14(32-13)18-9-11(2)15(20)17-16(18)21;1-10-8-20(15(23)18-14(10)22)13-7-11(21)12(34-13)9-33-39(26,27)36-41(30,31)37-40(28,29)35-38(24,25)32-6-4-2-3-5-17-19-16/h1,9,12-14,19H,4-8,10H2,2H3,(H,22,23)(H,24,25)(H,26,27)(H,28,29)(H,17,20,21);8,11-13,21H,2-7,9H2,1H3,(H,24,25)(H,26,27)(H,28,29)(H,30,31)(H,18,22,23)/p-8/t12-,13-,14-;11-,12-,13-/m11/s1. The van der Waals surface area contributed by atoms with Crippen LogP contribution < -0.4 is 61.6 Å². The molecule has 4 rings (SSSR count). The van der Waals surface area contributed by atoms with Gasteiger partial charge in [-0.2, -0.15) is 0 Å². The van der Waals surface area contributed by atoms with Gasteiger partial charge in [0.05, 0.1) is 38.6 Å². The van der Waals surface area contributed by atoms with Gasteiger partial charge >= 0.3 is 11.4 Å². The normalized spacial score (nSPS) is 25.2. The number of nitrogens with one attached hydrogen (secondary N) is 2. The van der Waals surface area contributed by atoms with Crippen molar-refractivity contribution in [3.63, 3.8) is 0 Å². The first kappa shape index (κ1) is 71.5. The third-order valence-electron chi connectivity index (χ3n) is 9.49. The Labute approximate surface area is 448 Å². The van der Waals surface area contributed by atoms with Crippen LogP contribution in [0.2, 0.25) is 0 Å². The summed E-state index contributed by atoms with van der Waals surface area (Å²) in [6.07, 6.45) is -0.150. The predicted molar refractivity (Wildman–Crippen MR) is 243 cm³/mol. The maximum absolute atomic E-state index is 12.0. The average molecular weight is 1310 g/mol. The quantitative estimate of drug-likeness (QED) is 0.0143. The van der Waals surface area contributed by atoms with E-state index in [1.165, 1.54) is 13.8 Å². The number of ether oxygens (including phenoxy) is 2. The molecule has 0 saturated carbocycles.